The highest BCUT2D eigenvalue weighted by Gasteiger charge is 2.53. The maximum absolute atomic E-state index is 12.1. The molecule has 1 aliphatic rings. The number of β-amino-alcohol motifs (C(OH)–C–C–N with tert-alkyl or cyclic N) is 1. The first kappa shape index (κ1) is 13.1. The van der Waals surface area contributed by atoms with E-state index < -0.39 is 11.1 Å². The second-order valence-electron chi connectivity index (χ2n) is 5.16. The summed E-state index contributed by atoms with van der Waals surface area (Å²) in [4.78, 5) is 27.1. The van der Waals surface area contributed by atoms with Crippen LogP contribution in [0.2, 0.25) is 0 Å². The number of imide groups is 1. The van der Waals surface area contributed by atoms with Crippen molar-refractivity contribution in [3.05, 3.63) is 0 Å². The molecule has 0 saturated carbocycles. The van der Waals surface area contributed by atoms with E-state index in [2.05, 4.69) is 0 Å². The number of nitrogens with zero attached hydrogens (tertiary/aromatic N) is 2. The van der Waals surface area contributed by atoms with Gasteiger partial charge in [0, 0.05) is 0 Å². The number of aliphatic hydroxyl groups is 1. The highest BCUT2D eigenvalue weighted by Crippen LogP contribution is 2.32. The second-order valence-corrected chi connectivity index (χ2v) is 5.16. The van der Waals surface area contributed by atoms with Gasteiger partial charge in [-0.1, -0.05) is 0 Å². The largest absolute Gasteiger partial charge is 0.395 e. The molecule has 0 radical (unpaired) electrons. The first-order chi connectivity index (χ1) is 7.17. The van der Waals surface area contributed by atoms with Crippen molar-refractivity contribution in [3.63, 3.8) is 0 Å². The van der Waals surface area contributed by atoms with Crippen molar-refractivity contribution in [2.45, 2.75) is 38.8 Å². The standard InChI is InChI=1S/C11H20N2O3/c1-10(2)8(15)13(6-7-14)9(16)11(3,4)12(10)5/h14H,6-7H2,1-5H3. The van der Waals surface area contributed by atoms with Crippen molar-refractivity contribution in [3.8, 4) is 0 Å². The molecule has 0 bridgehead atoms. The van der Waals surface area contributed by atoms with Crippen LogP contribution in [0.1, 0.15) is 27.7 Å². The Bertz CT molecular complexity index is 295. The normalized spacial score (nSPS) is 25.0. The van der Waals surface area contributed by atoms with Crippen LogP contribution in [0.25, 0.3) is 0 Å². The Hall–Kier alpha value is -0.940. The van der Waals surface area contributed by atoms with E-state index in [0.717, 1.165) is 4.90 Å². The van der Waals surface area contributed by atoms with E-state index in [9.17, 15) is 9.59 Å². The van der Waals surface area contributed by atoms with Crippen molar-refractivity contribution in [1.82, 2.24) is 9.80 Å². The summed E-state index contributed by atoms with van der Waals surface area (Å²) in [6, 6.07) is 0. The predicted molar refractivity (Wildman–Crippen MR) is 59.7 cm³/mol. The third kappa shape index (κ3) is 1.64. The molecular weight excluding hydrogens is 208 g/mol. The summed E-state index contributed by atoms with van der Waals surface area (Å²) in [7, 11) is 1.77. The summed E-state index contributed by atoms with van der Waals surface area (Å²) < 4.78 is 0. The van der Waals surface area contributed by atoms with Gasteiger partial charge >= 0.3 is 0 Å². The van der Waals surface area contributed by atoms with Gasteiger partial charge in [-0.15, -0.1) is 0 Å². The van der Waals surface area contributed by atoms with Gasteiger partial charge in [-0.2, -0.15) is 0 Å². The predicted octanol–water partition coefficient (Wildman–Crippen LogP) is -0.164. The number of aliphatic hydroxyl groups excluding tert-OH is 1. The van der Waals surface area contributed by atoms with Crippen molar-refractivity contribution < 1.29 is 14.7 Å². The fraction of sp³-hybridized carbons (Fsp3) is 0.818. The quantitative estimate of drug-likeness (QED) is 0.667. The molecule has 1 saturated heterocycles. The van der Waals surface area contributed by atoms with Crippen LogP contribution in [-0.2, 0) is 9.59 Å². The smallest absolute Gasteiger partial charge is 0.249 e. The fourth-order valence-electron chi connectivity index (χ4n) is 2.04. The lowest BCUT2D eigenvalue weighted by Gasteiger charge is -2.51. The molecule has 0 spiro atoms. The van der Waals surface area contributed by atoms with Crippen molar-refractivity contribution >= 4 is 11.8 Å². The van der Waals surface area contributed by atoms with Crippen LogP contribution < -0.4 is 0 Å². The van der Waals surface area contributed by atoms with Crippen molar-refractivity contribution in [1.29, 1.82) is 0 Å². The maximum Gasteiger partial charge on any atom is 0.249 e. The topological polar surface area (TPSA) is 60.9 Å². The number of carbonyl (C=O) groups excluding carboxylic acids is 2. The Kier molecular flexibility index (Phi) is 3.13. The Morgan fingerprint density at radius 2 is 1.44 bits per heavy atom. The van der Waals surface area contributed by atoms with Crippen LogP contribution in [0.5, 0.6) is 0 Å². The van der Waals surface area contributed by atoms with Crippen LogP contribution in [0.3, 0.4) is 0 Å². The van der Waals surface area contributed by atoms with Gasteiger partial charge < -0.3 is 5.11 Å². The Morgan fingerprint density at radius 3 is 1.75 bits per heavy atom. The lowest BCUT2D eigenvalue weighted by Crippen LogP contribution is -2.72. The number of hydrogen-bond acceptors (Lipinski definition) is 4. The van der Waals surface area contributed by atoms with Crippen LogP contribution in [0.4, 0.5) is 0 Å². The summed E-state index contributed by atoms with van der Waals surface area (Å²) in [6.07, 6.45) is 0. The first-order valence-electron chi connectivity index (χ1n) is 5.38. The van der Waals surface area contributed by atoms with Crippen molar-refractivity contribution in [2.24, 2.45) is 0 Å². The SMILES string of the molecule is CN1C(C)(C)C(=O)N(CCO)C(=O)C1(C)C. The molecule has 0 unspecified atom stereocenters. The second kappa shape index (κ2) is 3.82. The van der Waals surface area contributed by atoms with E-state index in [1.54, 1.807) is 39.6 Å². The summed E-state index contributed by atoms with van der Waals surface area (Å²) in [5, 5.41) is 8.90. The van der Waals surface area contributed by atoms with Gasteiger partial charge in [0.2, 0.25) is 11.8 Å². The third-order valence-corrected chi connectivity index (χ3v) is 3.54. The zero-order chi connectivity index (χ0) is 12.7. The monoisotopic (exact) mass is 228 g/mol. The fourth-order valence-corrected chi connectivity index (χ4v) is 2.04. The molecule has 0 aromatic rings. The number of hydrogen-bond donors (Lipinski definition) is 1. The average molecular weight is 228 g/mol. The number of likely N-dealkylation sites (N-methyl/N-ethyl adjacent to an activating group) is 1. The molecule has 0 aromatic carbocycles. The Morgan fingerprint density at radius 1 is 1.06 bits per heavy atom. The number of carbonyl (C=O) groups is 2. The minimum Gasteiger partial charge on any atom is -0.395 e. The van der Waals surface area contributed by atoms with Gasteiger partial charge in [0.15, 0.2) is 0 Å². The zero-order valence-electron chi connectivity index (χ0n) is 10.6. The molecule has 1 rings (SSSR count). The molecular formula is C11H20N2O3. The van der Waals surface area contributed by atoms with E-state index in [4.69, 9.17) is 5.11 Å². The maximum atomic E-state index is 12.1. The van der Waals surface area contributed by atoms with E-state index >= 15 is 0 Å². The summed E-state index contributed by atoms with van der Waals surface area (Å²) in [6.45, 7) is 7.01. The number of rotatable bonds is 2. The minimum absolute atomic E-state index is 0.0678. The highest BCUT2D eigenvalue weighted by atomic mass is 16.3. The van der Waals surface area contributed by atoms with E-state index in [-0.39, 0.29) is 25.0 Å². The summed E-state index contributed by atoms with van der Waals surface area (Å²) in [5.74, 6) is -0.512. The molecule has 1 N–H and O–H groups in total. The van der Waals surface area contributed by atoms with Crippen LogP contribution in [-0.4, -0.2) is 58.0 Å². The lowest BCUT2D eigenvalue weighted by molar-refractivity contribution is -0.172. The van der Waals surface area contributed by atoms with Crippen LogP contribution >= 0.6 is 0 Å². The number of piperazine rings is 1. The zero-order valence-corrected chi connectivity index (χ0v) is 10.6. The van der Waals surface area contributed by atoms with Gasteiger partial charge in [-0.3, -0.25) is 19.4 Å². The molecule has 1 fully saturated rings. The minimum atomic E-state index is -0.730. The summed E-state index contributed by atoms with van der Waals surface area (Å²) >= 11 is 0. The molecule has 1 heterocycles. The molecule has 0 atom stereocenters. The molecule has 1 aliphatic heterocycles. The molecule has 2 amide bonds. The molecule has 16 heavy (non-hydrogen) atoms. The van der Waals surface area contributed by atoms with Crippen LogP contribution in [0.15, 0.2) is 0 Å². The van der Waals surface area contributed by atoms with E-state index in [1.807, 2.05) is 0 Å². The molecule has 5 nitrogen and oxygen atoms in total. The van der Waals surface area contributed by atoms with Gasteiger partial charge in [0.25, 0.3) is 0 Å². The Balaban J connectivity index is 3.17. The first-order valence-corrected chi connectivity index (χ1v) is 5.38. The summed E-state index contributed by atoms with van der Waals surface area (Å²) in [5.41, 5.74) is -1.46. The molecule has 5 heteroatoms. The Labute approximate surface area is 96.0 Å². The third-order valence-electron chi connectivity index (χ3n) is 3.54. The molecule has 0 aliphatic carbocycles. The van der Waals surface area contributed by atoms with Crippen molar-refractivity contribution in [2.75, 3.05) is 20.2 Å². The number of amides is 2. The molecule has 92 valence electrons. The lowest BCUT2D eigenvalue weighted by atomic mass is 9.87. The van der Waals surface area contributed by atoms with Crippen LogP contribution in [0, 0.1) is 0 Å². The highest BCUT2D eigenvalue weighted by molar-refractivity contribution is 6.06. The van der Waals surface area contributed by atoms with E-state index in [1.165, 1.54) is 0 Å². The average Bonchev–Trinajstić information content (AvgIpc) is 2.21. The van der Waals surface area contributed by atoms with Gasteiger partial charge in [-0.25, -0.2) is 0 Å². The molecule has 0 aromatic heterocycles. The van der Waals surface area contributed by atoms with Gasteiger partial charge in [0.05, 0.1) is 24.2 Å². The van der Waals surface area contributed by atoms with Gasteiger partial charge in [0.1, 0.15) is 0 Å². The van der Waals surface area contributed by atoms with Gasteiger partial charge in [-0.05, 0) is 34.7 Å². The van der Waals surface area contributed by atoms with E-state index in [0.29, 0.717) is 0 Å².